The fourth-order valence-electron chi connectivity index (χ4n) is 3.64. The van der Waals surface area contributed by atoms with Gasteiger partial charge in [0, 0.05) is 17.3 Å². The highest BCUT2D eigenvalue weighted by Crippen LogP contribution is 2.35. The van der Waals surface area contributed by atoms with Gasteiger partial charge >= 0.3 is 0 Å². The molecule has 0 saturated carbocycles. The van der Waals surface area contributed by atoms with Crippen LogP contribution in [0.2, 0.25) is 5.02 Å². The molecule has 0 atom stereocenters. The van der Waals surface area contributed by atoms with Gasteiger partial charge in [0.2, 0.25) is 0 Å². The van der Waals surface area contributed by atoms with Crippen LogP contribution in [0.3, 0.4) is 0 Å². The van der Waals surface area contributed by atoms with Gasteiger partial charge in [0.1, 0.15) is 0 Å². The smallest absolute Gasteiger partial charge is 0.293 e. The van der Waals surface area contributed by atoms with Crippen LogP contribution in [0.15, 0.2) is 77.7 Å². The minimum Gasteiger partial charge on any atom is -0.490 e. The summed E-state index contributed by atoms with van der Waals surface area (Å²) in [5, 5.41) is 2.95. The van der Waals surface area contributed by atoms with E-state index in [-0.39, 0.29) is 23.7 Å². The largest absolute Gasteiger partial charge is 0.490 e. The van der Waals surface area contributed by atoms with Crippen molar-refractivity contribution in [3.8, 4) is 11.5 Å². The predicted octanol–water partition coefficient (Wildman–Crippen LogP) is 6.04. The molecule has 9 heteroatoms. The average molecular weight is 537 g/mol. The molecular weight excluding hydrogens is 512 g/mol. The van der Waals surface area contributed by atoms with Crippen molar-refractivity contribution in [3.05, 3.63) is 93.9 Å². The van der Waals surface area contributed by atoms with Crippen LogP contribution in [0.1, 0.15) is 18.1 Å². The van der Waals surface area contributed by atoms with Gasteiger partial charge in [-0.25, -0.2) is 0 Å². The first-order chi connectivity index (χ1) is 17.9. The molecule has 1 aliphatic rings. The molecule has 3 aromatic rings. The molecule has 0 unspecified atom stereocenters. The van der Waals surface area contributed by atoms with Gasteiger partial charge in [-0.1, -0.05) is 54.1 Å². The number of imide groups is 1. The monoisotopic (exact) mass is 536 g/mol. The lowest BCUT2D eigenvalue weighted by Crippen LogP contribution is -2.30. The summed E-state index contributed by atoms with van der Waals surface area (Å²) in [4.78, 5) is 39.2. The third-order valence-electron chi connectivity index (χ3n) is 5.37. The molecule has 1 fully saturated rings. The van der Waals surface area contributed by atoms with Gasteiger partial charge in [0.05, 0.1) is 11.5 Å². The molecule has 0 aliphatic carbocycles. The van der Waals surface area contributed by atoms with Gasteiger partial charge in [0.25, 0.3) is 17.1 Å². The zero-order chi connectivity index (χ0) is 26.2. The minimum atomic E-state index is -0.349. The van der Waals surface area contributed by atoms with Gasteiger partial charge in [-0.2, -0.15) is 0 Å². The zero-order valence-corrected chi connectivity index (χ0v) is 21.7. The van der Waals surface area contributed by atoms with E-state index >= 15 is 0 Å². The summed E-state index contributed by atoms with van der Waals surface area (Å²) in [7, 11) is 0. The molecule has 1 heterocycles. The second kappa shape index (κ2) is 12.5. The Hall–Kier alpha value is -3.75. The summed E-state index contributed by atoms with van der Waals surface area (Å²) in [6, 6.07) is 21.7. The molecule has 7 nitrogen and oxygen atoms in total. The van der Waals surface area contributed by atoms with Crippen molar-refractivity contribution in [1.29, 1.82) is 0 Å². The van der Waals surface area contributed by atoms with Crippen molar-refractivity contribution >= 4 is 52.2 Å². The van der Waals surface area contributed by atoms with Gasteiger partial charge < -0.3 is 14.8 Å². The first-order valence-electron chi connectivity index (χ1n) is 11.7. The Morgan fingerprint density at radius 3 is 2.57 bits per heavy atom. The normalized spacial score (nSPS) is 14.2. The number of thioether (sulfide) groups is 1. The van der Waals surface area contributed by atoms with Crippen molar-refractivity contribution in [2.45, 2.75) is 13.3 Å². The Morgan fingerprint density at radius 2 is 1.81 bits per heavy atom. The maximum absolute atomic E-state index is 12.9. The number of nitrogens with zero attached hydrogens (tertiary/aromatic N) is 1. The lowest BCUT2D eigenvalue weighted by atomic mass is 10.1. The van der Waals surface area contributed by atoms with Crippen LogP contribution in [0, 0.1) is 0 Å². The van der Waals surface area contributed by atoms with Crippen molar-refractivity contribution in [2.75, 3.05) is 25.1 Å². The van der Waals surface area contributed by atoms with Crippen molar-refractivity contribution in [3.63, 3.8) is 0 Å². The molecule has 0 radical (unpaired) electrons. The number of amides is 3. The number of halogens is 1. The van der Waals surface area contributed by atoms with Crippen molar-refractivity contribution in [1.82, 2.24) is 4.90 Å². The third-order valence-corrected chi connectivity index (χ3v) is 6.52. The Bertz CT molecular complexity index is 1330. The van der Waals surface area contributed by atoms with Crippen LogP contribution in [0.4, 0.5) is 10.5 Å². The van der Waals surface area contributed by atoms with Crippen LogP contribution in [0.5, 0.6) is 11.5 Å². The molecule has 1 saturated heterocycles. The number of rotatable bonds is 10. The number of hydrogen-bond donors (Lipinski definition) is 1. The Balaban J connectivity index is 1.41. The fourth-order valence-corrected chi connectivity index (χ4v) is 4.69. The molecule has 1 aliphatic heterocycles. The zero-order valence-electron chi connectivity index (χ0n) is 20.1. The molecule has 190 valence electrons. The van der Waals surface area contributed by atoms with E-state index in [9.17, 15) is 14.4 Å². The first kappa shape index (κ1) is 26.3. The lowest BCUT2D eigenvalue weighted by molar-refractivity contribution is -0.122. The van der Waals surface area contributed by atoms with Crippen LogP contribution < -0.4 is 14.8 Å². The van der Waals surface area contributed by atoms with E-state index in [1.54, 1.807) is 48.5 Å². The van der Waals surface area contributed by atoms with Crippen LogP contribution in [0.25, 0.3) is 6.08 Å². The number of carbonyl (C=O) groups is 3. The van der Waals surface area contributed by atoms with E-state index < -0.39 is 0 Å². The van der Waals surface area contributed by atoms with E-state index in [4.69, 9.17) is 21.1 Å². The van der Waals surface area contributed by atoms with Gasteiger partial charge in [-0.05, 0) is 72.6 Å². The SMILES string of the molecule is CCOc1cc(/C=C2/SC(=O)N(CCc3ccccc3)C2=O)ccc1OCC(=O)Nc1cccc(Cl)c1. The summed E-state index contributed by atoms with van der Waals surface area (Å²) in [5.41, 5.74) is 2.30. The van der Waals surface area contributed by atoms with E-state index in [2.05, 4.69) is 5.32 Å². The van der Waals surface area contributed by atoms with Gasteiger partial charge in [0.15, 0.2) is 18.1 Å². The van der Waals surface area contributed by atoms with Gasteiger partial charge in [-0.15, -0.1) is 0 Å². The number of benzene rings is 3. The topological polar surface area (TPSA) is 84.9 Å². The highest BCUT2D eigenvalue weighted by Gasteiger charge is 2.34. The molecule has 3 aromatic carbocycles. The molecule has 3 amide bonds. The fraction of sp³-hybridized carbons (Fsp3) is 0.179. The van der Waals surface area contributed by atoms with Crippen LogP contribution in [-0.4, -0.2) is 41.7 Å². The molecule has 1 N–H and O–H groups in total. The molecule has 37 heavy (non-hydrogen) atoms. The summed E-state index contributed by atoms with van der Waals surface area (Å²) >= 11 is 6.87. The maximum Gasteiger partial charge on any atom is 0.293 e. The molecule has 0 aromatic heterocycles. The van der Waals surface area contributed by atoms with E-state index in [1.807, 2.05) is 37.3 Å². The summed E-state index contributed by atoms with van der Waals surface area (Å²) < 4.78 is 11.4. The van der Waals surface area contributed by atoms with E-state index in [0.717, 1.165) is 17.3 Å². The molecule has 0 spiro atoms. The maximum atomic E-state index is 12.9. The Morgan fingerprint density at radius 1 is 1.00 bits per heavy atom. The molecular formula is C28H25ClN2O5S. The van der Waals surface area contributed by atoms with E-state index in [1.165, 1.54) is 4.90 Å². The van der Waals surface area contributed by atoms with Gasteiger partial charge in [-0.3, -0.25) is 19.3 Å². The third kappa shape index (κ3) is 7.15. The molecule has 0 bridgehead atoms. The number of anilines is 1. The highest BCUT2D eigenvalue weighted by atomic mass is 35.5. The highest BCUT2D eigenvalue weighted by molar-refractivity contribution is 8.18. The Kier molecular flexibility index (Phi) is 8.87. The van der Waals surface area contributed by atoms with Crippen LogP contribution >= 0.6 is 23.4 Å². The Labute approximate surface area is 224 Å². The number of hydrogen-bond acceptors (Lipinski definition) is 6. The minimum absolute atomic E-state index is 0.230. The van der Waals surface area contributed by atoms with Crippen molar-refractivity contribution in [2.24, 2.45) is 0 Å². The van der Waals surface area contributed by atoms with Crippen LogP contribution in [-0.2, 0) is 16.0 Å². The second-order valence-corrected chi connectivity index (χ2v) is 9.48. The lowest BCUT2D eigenvalue weighted by Gasteiger charge is -2.13. The second-order valence-electron chi connectivity index (χ2n) is 8.06. The van der Waals surface area contributed by atoms with E-state index in [0.29, 0.717) is 52.3 Å². The first-order valence-corrected chi connectivity index (χ1v) is 12.9. The molecule has 4 rings (SSSR count). The van der Waals surface area contributed by atoms with Crippen molar-refractivity contribution < 1.29 is 23.9 Å². The standard InChI is InChI=1S/C28H25ClN2O5S/c1-2-35-24-15-20(11-12-23(24)36-18-26(32)30-22-10-6-9-21(29)17-22)16-25-27(33)31(28(34)37-25)14-13-19-7-4-3-5-8-19/h3-12,15-17H,2,13-14,18H2,1H3,(H,30,32)/b25-16+. The summed E-state index contributed by atoms with van der Waals surface area (Å²) in [6.45, 7) is 2.30. The number of carbonyl (C=O) groups excluding carboxylic acids is 3. The summed E-state index contributed by atoms with van der Waals surface area (Å²) in [6.07, 6.45) is 2.25. The average Bonchev–Trinajstić information content (AvgIpc) is 3.15. The number of nitrogens with one attached hydrogen (secondary N) is 1. The number of ether oxygens (including phenoxy) is 2. The summed E-state index contributed by atoms with van der Waals surface area (Å²) in [5.74, 6) is 0.145. The quantitative estimate of drug-likeness (QED) is 0.318. The predicted molar refractivity (Wildman–Crippen MR) is 146 cm³/mol.